The molecule has 0 aromatic carbocycles. The van der Waals surface area contributed by atoms with Crippen LogP contribution in [0.3, 0.4) is 0 Å². The second-order valence-corrected chi connectivity index (χ2v) is 4.71. The summed E-state index contributed by atoms with van der Waals surface area (Å²) in [5.41, 5.74) is 5.78. The first-order chi connectivity index (χ1) is 7.22. The van der Waals surface area contributed by atoms with Gasteiger partial charge in [0.1, 0.15) is 0 Å². The Kier molecular flexibility index (Phi) is 3.26. The maximum absolute atomic E-state index is 11.8. The van der Waals surface area contributed by atoms with Gasteiger partial charge in [0.15, 0.2) is 0 Å². The fraction of sp³-hybridized carbons (Fsp3) is 0.909. The minimum absolute atomic E-state index is 0.0867. The van der Waals surface area contributed by atoms with Crippen LogP contribution in [0.2, 0.25) is 0 Å². The summed E-state index contributed by atoms with van der Waals surface area (Å²) in [7, 11) is 0. The Morgan fingerprint density at radius 3 is 2.93 bits per heavy atom. The van der Waals surface area contributed by atoms with Crippen LogP contribution in [0.4, 0.5) is 0 Å². The summed E-state index contributed by atoms with van der Waals surface area (Å²) in [5, 5.41) is 3.06. The smallest absolute Gasteiger partial charge is 0.227 e. The number of hydrogen-bond acceptors (Lipinski definition) is 3. The number of nitrogens with one attached hydrogen (secondary N) is 1. The zero-order valence-electron chi connectivity index (χ0n) is 9.24. The molecule has 0 bridgehead atoms. The summed E-state index contributed by atoms with van der Waals surface area (Å²) in [6.45, 7) is 3.18. The molecule has 0 spiro atoms. The van der Waals surface area contributed by atoms with Gasteiger partial charge in [-0.2, -0.15) is 0 Å². The van der Waals surface area contributed by atoms with E-state index < -0.39 is 0 Å². The number of carbonyl (C=O) groups is 1. The highest BCUT2D eigenvalue weighted by Gasteiger charge is 2.40. The van der Waals surface area contributed by atoms with Crippen molar-refractivity contribution in [2.45, 2.75) is 38.3 Å². The number of hydrogen-bond donors (Lipinski definition) is 2. The van der Waals surface area contributed by atoms with E-state index in [1.807, 2.05) is 0 Å². The molecule has 2 fully saturated rings. The van der Waals surface area contributed by atoms with Crippen LogP contribution < -0.4 is 11.1 Å². The summed E-state index contributed by atoms with van der Waals surface area (Å²) in [6.07, 6.45) is 3.56. The average molecular weight is 212 g/mol. The van der Waals surface area contributed by atoms with Crippen LogP contribution in [0, 0.1) is 11.8 Å². The van der Waals surface area contributed by atoms with E-state index in [-0.39, 0.29) is 17.9 Å². The van der Waals surface area contributed by atoms with Gasteiger partial charge in [0.05, 0.1) is 19.1 Å². The van der Waals surface area contributed by atoms with E-state index in [2.05, 4.69) is 12.2 Å². The number of carbonyl (C=O) groups excluding carboxylic acids is 1. The molecule has 2 aliphatic rings. The van der Waals surface area contributed by atoms with Crippen molar-refractivity contribution in [3.8, 4) is 0 Å². The first-order valence-electron chi connectivity index (χ1n) is 5.86. The average Bonchev–Trinajstić information content (AvgIpc) is 2.76. The van der Waals surface area contributed by atoms with Gasteiger partial charge >= 0.3 is 0 Å². The lowest BCUT2D eigenvalue weighted by Gasteiger charge is -2.13. The Hall–Kier alpha value is -0.610. The van der Waals surface area contributed by atoms with Crippen LogP contribution in [-0.2, 0) is 9.53 Å². The van der Waals surface area contributed by atoms with Crippen molar-refractivity contribution >= 4 is 5.91 Å². The fourth-order valence-corrected chi connectivity index (χ4v) is 2.24. The third kappa shape index (κ3) is 2.49. The lowest BCUT2D eigenvalue weighted by atomic mass is 10.0. The Labute approximate surface area is 90.5 Å². The zero-order chi connectivity index (χ0) is 10.8. The predicted molar refractivity (Wildman–Crippen MR) is 57.2 cm³/mol. The molecule has 86 valence electrons. The van der Waals surface area contributed by atoms with Crippen LogP contribution in [0.25, 0.3) is 0 Å². The molecule has 1 aliphatic heterocycles. The quantitative estimate of drug-likeness (QED) is 0.703. The van der Waals surface area contributed by atoms with Crippen molar-refractivity contribution in [2.75, 3.05) is 13.2 Å². The van der Waals surface area contributed by atoms with Crippen LogP contribution >= 0.6 is 0 Å². The maximum atomic E-state index is 11.8. The molecule has 1 heterocycles. The molecule has 0 radical (unpaired) electrons. The molecule has 4 atom stereocenters. The van der Waals surface area contributed by atoms with Gasteiger partial charge in [0, 0.05) is 12.1 Å². The zero-order valence-corrected chi connectivity index (χ0v) is 9.24. The highest BCUT2D eigenvalue weighted by molar-refractivity contribution is 5.80. The van der Waals surface area contributed by atoms with Crippen molar-refractivity contribution in [3.05, 3.63) is 0 Å². The van der Waals surface area contributed by atoms with Crippen molar-refractivity contribution in [2.24, 2.45) is 17.6 Å². The van der Waals surface area contributed by atoms with Crippen LogP contribution in [0.15, 0.2) is 0 Å². The van der Waals surface area contributed by atoms with Crippen LogP contribution in [-0.4, -0.2) is 31.2 Å². The molecular formula is C11H20N2O2. The third-order valence-electron chi connectivity index (χ3n) is 3.37. The first-order valence-corrected chi connectivity index (χ1v) is 5.86. The summed E-state index contributed by atoms with van der Waals surface area (Å²) >= 11 is 0. The number of nitrogens with two attached hydrogens (primary N) is 1. The van der Waals surface area contributed by atoms with Gasteiger partial charge in [0.25, 0.3) is 0 Å². The second-order valence-electron chi connectivity index (χ2n) is 4.71. The first kappa shape index (κ1) is 10.9. The molecule has 1 saturated heterocycles. The Bertz CT molecular complexity index is 245. The molecule has 1 amide bonds. The molecule has 4 nitrogen and oxygen atoms in total. The van der Waals surface area contributed by atoms with Crippen molar-refractivity contribution in [1.82, 2.24) is 5.32 Å². The lowest BCUT2D eigenvalue weighted by Crippen LogP contribution is -2.42. The van der Waals surface area contributed by atoms with Crippen molar-refractivity contribution in [3.63, 3.8) is 0 Å². The highest BCUT2D eigenvalue weighted by Crippen LogP contribution is 2.34. The molecule has 1 saturated carbocycles. The van der Waals surface area contributed by atoms with E-state index in [1.54, 1.807) is 0 Å². The summed E-state index contributed by atoms with van der Waals surface area (Å²) in [6, 6.07) is 0.290. The molecule has 0 aromatic heterocycles. The fourth-order valence-electron chi connectivity index (χ4n) is 2.24. The van der Waals surface area contributed by atoms with Gasteiger partial charge in [-0.1, -0.05) is 13.3 Å². The molecule has 0 aromatic rings. The molecular weight excluding hydrogens is 192 g/mol. The highest BCUT2D eigenvalue weighted by atomic mass is 16.5. The van der Waals surface area contributed by atoms with Gasteiger partial charge in [0.2, 0.25) is 5.91 Å². The topological polar surface area (TPSA) is 64.3 Å². The van der Waals surface area contributed by atoms with Crippen molar-refractivity contribution < 1.29 is 9.53 Å². The monoisotopic (exact) mass is 212 g/mol. The minimum atomic E-state index is -0.132. The molecule has 4 unspecified atom stereocenters. The van der Waals surface area contributed by atoms with Crippen LogP contribution in [0.1, 0.15) is 26.2 Å². The lowest BCUT2D eigenvalue weighted by molar-refractivity contribution is -0.125. The standard InChI is InChI=1S/C11H20N2O2/c1-2-3-7-4-10(7)13-11(14)8-5-15-6-9(8)12/h7-10H,2-6,12H2,1H3,(H,13,14). The van der Waals surface area contributed by atoms with E-state index in [0.717, 1.165) is 6.42 Å². The van der Waals surface area contributed by atoms with Gasteiger partial charge in [-0.15, -0.1) is 0 Å². The molecule has 3 N–H and O–H groups in total. The van der Waals surface area contributed by atoms with Gasteiger partial charge < -0.3 is 15.8 Å². The Morgan fingerprint density at radius 1 is 1.53 bits per heavy atom. The van der Waals surface area contributed by atoms with Crippen LogP contribution in [0.5, 0.6) is 0 Å². The number of rotatable bonds is 4. The van der Waals surface area contributed by atoms with Gasteiger partial charge in [-0.25, -0.2) is 0 Å². The molecule has 4 heteroatoms. The third-order valence-corrected chi connectivity index (χ3v) is 3.37. The minimum Gasteiger partial charge on any atom is -0.379 e. The molecule has 1 aliphatic carbocycles. The van der Waals surface area contributed by atoms with Gasteiger partial charge in [-0.3, -0.25) is 4.79 Å². The Morgan fingerprint density at radius 2 is 2.33 bits per heavy atom. The van der Waals surface area contributed by atoms with E-state index in [4.69, 9.17) is 10.5 Å². The summed E-state index contributed by atoms with van der Waals surface area (Å²) in [4.78, 5) is 11.8. The van der Waals surface area contributed by atoms with E-state index in [0.29, 0.717) is 25.2 Å². The maximum Gasteiger partial charge on any atom is 0.227 e. The molecule has 15 heavy (non-hydrogen) atoms. The predicted octanol–water partition coefficient (Wildman–Crippen LogP) is 0.265. The van der Waals surface area contributed by atoms with E-state index in [9.17, 15) is 4.79 Å². The summed E-state index contributed by atoms with van der Waals surface area (Å²) < 4.78 is 5.18. The van der Waals surface area contributed by atoms with E-state index >= 15 is 0 Å². The SMILES string of the molecule is CCCC1CC1NC(=O)C1COCC1N. The number of ether oxygens (including phenoxy) is 1. The summed E-state index contributed by atoms with van der Waals surface area (Å²) in [5.74, 6) is 0.661. The largest absolute Gasteiger partial charge is 0.379 e. The van der Waals surface area contributed by atoms with Crippen molar-refractivity contribution in [1.29, 1.82) is 0 Å². The second kappa shape index (κ2) is 4.49. The molecule has 2 rings (SSSR count). The number of amides is 1. The normalized spacial score (nSPS) is 39.1. The van der Waals surface area contributed by atoms with Gasteiger partial charge in [-0.05, 0) is 18.8 Å². The van der Waals surface area contributed by atoms with E-state index in [1.165, 1.54) is 12.8 Å². The Balaban J connectivity index is 1.74.